The van der Waals surface area contributed by atoms with Crippen LogP contribution in [0.3, 0.4) is 0 Å². The van der Waals surface area contributed by atoms with Crippen molar-refractivity contribution in [1.29, 1.82) is 0 Å². The molecule has 0 radical (unpaired) electrons. The van der Waals surface area contributed by atoms with Gasteiger partial charge in [0.2, 0.25) is 0 Å². The van der Waals surface area contributed by atoms with Gasteiger partial charge in [-0.05, 0) is 36.6 Å². The fourth-order valence-corrected chi connectivity index (χ4v) is 3.32. The summed E-state index contributed by atoms with van der Waals surface area (Å²) in [5.41, 5.74) is 1.23. The highest BCUT2D eigenvalue weighted by atomic mass is 32.1. The Morgan fingerprint density at radius 3 is 2.81 bits per heavy atom. The number of nitrogens with one attached hydrogen (secondary N) is 1. The van der Waals surface area contributed by atoms with Gasteiger partial charge in [0.25, 0.3) is 0 Å². The van der Waals surface area contributed by atoms with Crippen LogP contribution in [0.5, 0.6) is 0 Å². The molecule has 6 heteroatoms. The van der Waals surface area contributed by atoms with E-state index in [-0.39, 0.29) is 23.4 Å². The van der Waals surface area contributed by atoms with Crippen LogP contribution in [-0.2, 0) is 0 Å². The molecule has 0 amide bonds. The maximum Gasteiger partial charge on any atom is 0.169 e. The van der Waals surface area contributed by atoms with Crippen LogP contribution >= 0.6 is 11.5 Å². The van der Waals surface area contributed by atoms with Crippen molar-refractivity contribution >= 4 is 22.5 Å². The molecule has 1 atom stereocenters. The summed E-state index contributed by atoms with van der Waals surface area (Å²) < 4.78 is 23.5. The number of nitrogens with zero attached hydrogens (tertiary/aromatic N) is 2. The van der Waals surface area contributed by atoms with Gasteiger partial charge in [0.05, 0.1) is 10.6 Å². The zero-order valence-electron chi connectivity index (χ0n) is 12.1. The van der Waals surface area contributed by atoms with E-state index in [0.29, 0.717) is 5.76 Å². The fourth-order valence-electron chi connectivity index (χ4n) is 2.40. The third-order valence-electron chi connectivity index (χ3n) is 3.44. The van der Waals surface area contributed by atoms with E-state index in [9.17, 15) is 4.39 Å². The second-order valence-corrected chi connectivity index (χ2v) is 5.99. The molecule has 1 unspecified atom stereocenters. The Labute approximate surface area is 126 Å². The summed E-state index contributed by atoms with van der Waals surface area (Å²) in [5.74, 6) is 0.599. The quantitative estimate of drug-likeness (QED) is 0.795. The normalized spacial score (nSPS) is 13.2. The number of benzene rings is 1. The minimum atomic E-state index is -0.347. The molecule has 21 heavy (non-hydrogen) atoms. The molecule has 0 aliphatic carbocycles. The van der Waals surface area contributed by atoms with Crippen molar-refractivity contribution < 1.29 is 8.81 Å². The highest BCUT2D eigenvalue weighted by Gasteiger charge is 2.24. The van der Waals surface area contributed by atoms with Gasteiger partial charge in [0.1, 0.15) is 11.8 Å². The molecule has 0 spiro atoms. The van der Waals surface area contributed by atoms with Gasteiger partial charge in [0.15, 0.2) is 11.4 Å². The molecule has 0 saturated carbocycles. The molecule has 3 aromatic rings. The van der Waals surface area contributed by atoms with E-state index in [1.807, 2.05) is 19.2 Å². The van der Waals surface area contributed by atoms with Crippen molar-refractivity contribution in [3.8, 4) is 0 Å². The molecular formula is C15H16FN3OS. The molecule has 0 saturated heterocycles. The topological polar surface area (TPSA) is 51.0 Å². The minimum absolute atomic E-state index is 0.172. The van der Waals surface area contributed by atoms with E-state index in [0.717, 1.165) is 16.0 Å². The van der Waals surface area contributed by atoms with E-state index in [1.165, 1.54) is 17.6 Å². The molecule has 3 rings (SSSR count). The van der Waals surface area contributed by atoms with E-state index in [1.54, 1.807) is 6.07 Å². The predicted molar refractivity (Wildman–Crippen MR) is 81.1 cm³/mol. The summed E-state index contributed by atoms with van der Waals surface area (Å²) >= 11 is 1.34. The Morgan fingerprint density at radius 1 is 1.33 bits per heavy atom. The zero-order chi connectivity index (χ0) is 15.0. The second kappa shape index (κ2) is 5.54. The summed E-state index contributed by atoms with van der Waals surface area (Å²) in [6.45, 7) is 4.15. The first-order valence-electron chi connectivity index (χ1n) is 6.79. The van der Waals surface area contributed by atoms with Crippen LogP contribution in [-0.4, -0.2) is 16.6 Å². The summed E-state index contributed by atoms with van der Waals surface area (Å²) in [7, 11) is 1.85. The summed E-state index contributed by atoms with van der Waals surface area (Å²) in [6, 6.07) is 6.61. The van der Waals surface area contributed by atoms with Crippen LogP contribution in [0.2, 0.25) is 0 Å². The first-order valence-corrected chi connectivity index (χ1v) is 7.56. The standard InChI is InChI=1S/C15H16FN3OS/c1-8(2)12-15(21-19-18-12)13(17-3)11-7-9-5-4-6-10(16)14(9)20-11/h4-8,13,17H,1-3H3. The lowest BCUT2D eigenvalue weighted by atomic mass is 10.0. The average Bonchev–Trinajstić information content (AvgIpc) is 3.07. The first kappa shape index (κ1) is 14.2. The van der Waals surface area contributed by atoms with Crippen LogP contribution < -0.4 is 5.32 Å². The Hall–Kier alpha value is -1.79. The van der Waals surface area contributed by atoms with Crippen molar-refractivity contribution in [2.24, 2.45) is 0 Å². The second-order valence-electron chi connectivity index (χ2n) is 5.21. The summed E-state index contributed by atoms with van der Waals surface area (Å²) in [5, 5.41) is 8.16. The molecule has 1 N–H and O–H groups in total. The van der Waals surface area contributed by atoms with Crippen LogP contribution in [0.1, 0.15) is 42.1 Å². The number of hydrogen-bond acceptors (Lipinski definition) is 5. The fraction of sp³-hybridized carbons (Fsp3) is 0.333. The lowest BCUT2D eigenvalue weighted by molar-refractivity contribution is 0.477. The van der Waals surface area contributed by atoms with Gasteiger partial charge in [-0.1, -0.05) is 30.5 Å². The third kappa shape index (κ3) is 2.45. The van der Waals surface area contributed by atoms with E-state index in [4.69, 9.17) is 4.42 Å². The van der Waals surface area contributed by atoms with E-state index >= 15 is 0 Å². The summed E-state index contributed by atoms with van der Waals surface area (Å²) in [4.78, 5) is 1.01. The highest BCUT2D eigenvalue weighted by Crippen LogP contribution is 2.34. The Bertz CT molecular complexity index is 765. The van der Waals surface area contributed by atoms with E-state index < -0.39 is 0 Å². The molecule has 2 heterocycles. The van der Waals surface area contributed by atoms with Gasteiger partial charge >= 0.3 is 0 Å². The minimum Gasteiger partial charge on any atom is -0.456 e. The number of fused-ring (bicyclic) bond motifs is 1. The average molecular weight is 305 g/mol. The number of hydrogen-bond donors (Lipinski definition) is 1. The van der Waals surface area contributed by atoms with Gasteiger partial charge in [0, 0.05) is 5.39 Å². The van der Waals surface area contributed by atoms with Crippen molar-refractivity contribution in [2.45, 2.75) is 25.8 Å². The van der Waals surface area contributed by atoms with Crippen molar-refractivity contribution in [3.63, 3.8) is 0 Å². The molecular weight excluding hydrogens is 289 g/mol. The number of furan rings is 1. The van der Waals surface area contributed by atoms with Crippen LogP contribution in [0.15, 0.2) is 28.7 Å². The highest BCUT2D eigenvalue weighted by molar-refractivity contribution is 7.05. The molecule has 0 aliphatic rings. The lowest BCUT2D eigenvalue weighted by Crippen LogP contribution is -2.17. The number of aromatic nitrogens is 2. The molecule has 0 aliphatic heterocycles. The summed E-state index contributed by atoms with van der Waals surface area (Å²) in [6.07, 6.45) is 0. The molecule has 1 aromatic carbocycles. The van der Waals surface area contributed by atoms with Crippen molar-refractivity contribution in [1.82, 2.24) is 14.9 Å². The molecule has 4 nitrogen and oxygen atoms in total. The van der Waals surface area contributed by atoms with Gasteiger partial charge in [-0.25, -0.2) is 4.39 Å². The first-order chi connectivity index (χ1) is 10.1. The smallest absolute Gasteiger partial charge is 0.169 e. The monoisotopic (exact) mass is 305 g/mol. The van der Waals surface area contributed by atoms with E-state index in [2.05, 4.69) is 28.8 Å². The predicted octanol–water partition coefficient (Wildman–Crippen LogP) is 3.86. The Morgan fingerprint density at radius 2 is 2.14 bits per heavy atom. The van der Waals surface area contributed by atoms with Crippen molar-refractivity contribution in [3.05, 3.63) is 46.4 Å². The zero-order valence-corrected chi connectivity index (χ0v) is 12.9. The van der Waals surface area contributed by atoms with Crippen molar-refractivity contribution in [2.75, 3.05) is 7.05 Å². The SMILES string of the molecule is CNC(c1cc2cccc(F)c2o1)c1snnc1C(C)C. The Kier molecular flexibility index (Phi) is 3.73. The van der Waals surface area contributed by atoms with Gasteiger partial charge in [-0.15, -0.1) is 5.10 Å². The largest absolute Gasteiger partial charge is 0.456 e. The molecule has 2 aromatic heterocycles. The van der Waals surface area contributed by atoms with Gasteiger partial charge in [-0.3, -0.25) is 0 Å². The van der Waals surface area contributed by atoms with Gasteiger partial charge in [-0.2, -0.15) is 0 Å². The van der Waals surface area contributed by atoms with Crippen LogP contribution in [0.4, 0.5) is 4.39 Å². The number of para-hydroxylation sites is 1. The van der Waals surface area contributed by atoms with Gasteiger partial charge < -0.3 is 9.73 Å². The third-order valence-corrected chi connectivity index (χ3v) is 4.24. The molecule has 0 fully saturated rings. The Balaban J connectivity index is 2.09. The lowest BCUT2D eigenvalue weighted by Gasteiger charge is -2.13. The number of rotatable bonds is 4. The van der Waals surface area contributed by atoms with Crippen LogP contribution in [0.25, 0.3) is 11.0 Å². The van der Waals surface area contributed by atoms with Crippen LogP contribution in [0, 0.1) is 5.82 Å². The molecule has 110 valence electrons. The molecule has 0 bridgehead atoms. The number of halogens is 1. The maximum atomic E-state index is 13.8. The maximum absolute atomic E-state index is 13.8.